The van der Waals surface area contributed by atoms with Gasteiger partial charge in [0.25, 0.3) is 5.91 Å². The fraction of sp³-hybridized carbons (Fsp3) is 0.485. The van der Waals surface area contributed by atoms with Crippen LogP contribution in [0.5, 0.6) is 0 Å². The zero-order chi connectivity index (χ0) is 33.7. The third kappa shape index (κ3) is 11.3. The Balaban J connectivity index is 1.86. The normalized spacial score (nSPS) is 13.7. The van der Waals surface area contributed by atoms with Crippen molar-refractivity contribution in [2.75, 3.05) is 12.3 Å². The van der Waals surface area contributed by atoms with Gasteiger partial charge in [-0.3, -0.25) is 9.89 Å². The van der Waals surface area contributed by atoms with Gasteiger partial charge < -0.3 is 21.1 Å². The second-order valence-corrected chi connectivity index (χ2v) is 13.8. The molecule has 0 saturated carbocycles. The lowest BCUT2D eigenvalue weighted by atomic mass is 10.0. The standard InChI is InChI=1S/C33H45F2N5O5S/c1-4-8-28(9-5-2)46(43,44)21-30(40-32(41)25-18-38-39-19-25)33(42)45-31(20-37-17-23-11-7-10-22(6-3)12-23)29(36)15-24-13-26(34)16-27(35)14-24/h7,10-14,16,18-19,28-31,37H,4-6,8-9,15,17,20-21,36H2,1-3H3,(H,38,39)(H,40,41)/t29?,30-,31-/m1/s1. The maximum atomic E-state index is 13.9. The number of nitrogens with two attached hydrogens (primary N) is 1. The van der Waals surface area contributed by atoms with E-state index in [0.717, 1.165) is 35.7 Å². The van der Waals surface area contributed by atoms with Crippen molar-refractivity contribution in [3.63, 3.8) is 0 Å². The highest BCUT2D eigenvalue weighted by molar-refractivity contribution is 7.92. The van der Waals surface area contributed by atoms with Crippen LogP contribution < -0.4 is 16.4 Å². The first-order valence-corrected chi connectivity index (χ1v) is 17.4. The topological polar surface area (TPSA) is 156 Å². The molecule has 0 bridgehead atoms. The van der Waals surface area contributed by atoms with Crippen molar-refractivity contribution in [2.24, 2.45) is 5.73 Å². The number of benzene rings is 2. The van der Waals surface area contributed by atoms with E-state index in [2.05, 4.69) is 20.8 Å². The van der Waals surface area contributed by atoms with E-state index in [1.54, 1.807) is 0 Å². The van der Waals surface area contributed by atoms with Gasteiger partial charge in [0, 0.05) is 31.4 Å². The highest BCUT2D eigenvalue weighted by Gasteiger charge is 2.35. The average molecular weight is 662 g/mol. The number of carbonyl (C=O) groups excluding carboxylic acids is 2. The van der Waals surface area contributed by atoms with Gasteiger partial charge in [0.15, 0.2) is 9.84 Å². The molecule has 0 radical (unpaired) electrons. The van der Waals surface area contributed by atoms with Crippen LogP contribution in [0.2, 0.25) is 0 Å². The predicted molar refractivity (Wildman–Crippen MR) is 173 cm³/mol. The number of hydrogen-bond donors (Lipinski definition) is 4. The molecule has 0 fully saturated rings. The van der Waals surface area contributed by atoms with E-state index in [9.17, 15) is 26.8 Å². The van der Waals surface area contributed by atoms with Crippen molar-refractivity contribution < 1.29 is 31.5 Å². The molecule has 0 aliphatic heterocycles. The summed E-state index contributed by atoms with van der Waals surface area (Å²) in [5, 5.41) is 11.3. The molecule has 3 rings (SSSR count). The second kappa shape index (κ2) is 17.9. The van der Waals surface area contributed by atoms with Crippen LogP contribution in [0.25, 0.3) is 0 Å². The van der Waals surface area contributed by atoms with Crippen molar-refractivity contribution in [3.8, 4) is 0 Å². The van der Waals surface area contributed by atoms with E-state index in [1.165, 1.54) is 12.4 Å². The molecule has 252 valence electrons. The Hall–Kier alpha value is -3.68. The monoisotopic (exact) mass is 661 g/mol. The maximum absolute atomic E-state index is 13.9. The molecule has 2 aromatic carbocycles. The molecule has 0 aliphatic carbocycles. The molecule has 10 nitrogen and oxygen atoms in total. The predicted octanol–water partition coefficient (Wildman–Crippen LogP) is 4.00. The van der Waals surface area contributed by atoms with Gasteiger partial charge in [-0.05, 0) is 54.5 Å². The van der Waals surface area contributed by atoms with Crippen molar-refractivity contribution in [3.05, 3.63) is 88.7 Å². The number of halogens is 2. The molecule has 1 unspecified atom stereocenters. The molecule has 3 atom stereocenters. The second-order valence-electron chi connectivity index (χ2n) is 11.5. The zero-order valence-corrected chi connectivity index (χ0v) is 27.4. The third-order valence-corrected chi connectivity index (χ3v) is 9.98. The van der Waals surface area contributed by atoms with Crippen LogP contribution in [0.3, 0.4) is 0 Å². The molecule has 0 saturated heterocycles. The smallest absolute Gasteiger partial charge is 0.330 e. The molecule has 3 aromatic rings. The minimum absolute atomic E-state index is 0.0426. The number of aromatic amines is 1. The molecule has 1 aromatic heterocycles. The summed E-state index contributed by atoms with van der Waals surface area (Å²) in [5.41, 5.74) is 8.97. The quantitative estimate of drug-likeness (QED) is 0.141. The number of sulfone groups is 1. The number of nitrogens with zero attached hydrogens (tertiary/aromatic N) is 1. The van der Waals surface area contributed by atoms with Gasteiger partial charge in [-0.2, -0.15) is 5.10 Å². The molecule has 1 heterocycles. The summed E-state index contributed by atoms with van der Waals surface area (Å²) in [5.74, 6) is -3.92. The first-order chi connectivity index (χ1) is 21.9. The van der Waals surface area contributed by atoms with Crippen LogP contribution in [0, 0.1) is 11.6 Å². The molecule has 0 aliphatic rings. The molecule has 46 heavy (non-hydrogen) atoms. The number of hydrogen-bond acceptors (Lipinski definition) is 8. The number of aromatic nitrogens is 2. The number of esters is 1. The first kappa shape index (κ1) is 36.8. The molecule has 5 N–H and O–H groups in total. The van der Waals surface area contributed by atoms with Gasteiger partial charge in [-0.15, -0.1) is 0 Å². The fourth-order valence-corrected chi connectivity index (χ4v) is 7.41. The van der Waals surface area contributed by atoms with Crippen molar-refractivity contribution in [1.29, 1.82) is 0 Å². The first-order valence-electron chi connectivity index (χ1n) is 15.7. The van der Waals surface area contributed by atoms with Gasteiger partial charge in [-0.25, -0.2) is 22.0 Å². The minimum atomic E-state index is -3.85. The van der Waals surface area contributed by atoms with E-state index < -0.39 is 62.5 Å². The fourth-order valence-electron chi connectivity index (χ4n) is 5.26. The highest BCUT2D eigenvalue weighted by Crippen LogP contribution is 2.18. The largest absolute Gasteiger partial charge is 0.458 e. The zero-order valence-electron chi connectivity index (χ0n) is 26.6. The Bertz CT molecular complexity index is 1490. The summed E-state index contributed by atoms with van der Waals surface area (Å²) in [6.07, 6.45) is 4.41. The minimum Gasteiger partial charge on any atom is -0.458 e. The van der Waals surface area contributed by atoms with E-state index in [-0.39, 0.29) is 24.1 Å². The lowest BCUT2D eigenvalue weighted by molar-refractivity contribution is -0.151. The maximum Gasteiger partial charge on any atom is 0.330 e. The van der Waals surface area contributed by atoms with Gasteiger partial charge in [0.2, 0.25) is 0 Å². The third-order valence-electron chi connectivity index (χ3n) is 7.69. The van der Waals surface area contributed by atoms with Crippen LogP contribution in [-0.2, 0) is 38.8 Å². The van der Waals surface area contributed by atoms with Gasteiger partial charge in [0.05, 0.1) is 22.8 Å². The molecule has 1 amide bonds. The molecule has 13 heteroatoms. The number of aryl methyl sites for hydroxylation is 1. The van der Waals surface area contributed by atoms with Crippen molar-refractivity contribution in [1.82, 2.24) is 20.8 Å². The number of H-pyrrole nitrogens is 1. The summed E-state index contributed by atoms with van der Waals surface area (Å²) in [6.45, 7) is 6.27. The Morgan fingerprint density at radius 1 is 1.00 bits per heavy atom. The van der Waals surface area contributed by atoms with Crippen molar-refractivity contribution in [2.45, 2.75) is 89.3 Å². The highest BCUT2D eigenvalue weighted by atomic mass is 32.2. The molecular weight excluding hydrogens is 616 g/mol. The van der Waals surface area contributed by atoms with E-state index in [1.807, 2.05) is 45.0 Å². The van der Waals surface area contributed by atoms with E-state index in [4.69, 9.17) is 10.5 Å². The van der Waals surface area contributed by atoms with Gasteiger partial charge in [-0.1, -0.05) is 57.9 Å². The van der Waals surface area contributed by atoms with E-state index >= 15 is 0 Å². The lowest BCUT2D eigenvalue weighted by Crippen LogP contribution is -2.52. The number of rotatable bonds is 19. The Labute approximate surface area is 269 Å². The van der Waals surface area contributed by atoms with Crippen molar-refractivity contribution >= 4 is 21.7 Å². The summed E-state index contributed by atoms with van der Waals surface area (Å²) < 4.78 is 60.7. The van der Waals surface area contributed by atoms with Gasteiger partial charge in [0.1, 0.15) is 23.8 Å². The summed E-state index contributed by atoms with van der Waals surface area (Å²) in [6, 6.07) is 8.49. The Morgan fingerprint density at radius 3 is 2.28 bits per heavy atom. The lowest BCUT2D eigenvalue weighted by Gasteiger charge is -2.28. The van der Waals surface area contributed by atoms with E-state index in [0.29, 0.717) is 32.2 Å². The number of ether oxygens (including phenoxy) is 1. The molecular formula is C33H45F2N5O5S. The van der Waals surface area contributed by atoms with Crippen LogP contribution >= 0.6 is 0 Å². The van der Waals surface area contributed by atoms with Crippen LogP contribution in [0.4, 0.5) is 8.78 Å². The Morgan fingerprint density at radius 2 is 1.67 bits per heavy atom. The summed E-state index contributed by atoms with van der Waals surface area (Å²) in [7, 11) is -3.85. The number of nitrogens with one attached hydrogen (secondary N) is 3. The number of carbonyl (C=O) groups is 2. The van der Waals surface area contributed by atoms with Crippen LogP contribution in [0.15, 0.2) is 54.9 Å². The van der Waals surface area contributed by atoms with Crippen LogP contribution in [-0.4, -0.2) is 66.2 Å². The summed E-state index contributed by atoms with van der Waals surface area (Å²) >= 11 is 0. The average Bonchev–Trinajstić information content (AvgIpc) is 3.55. The summed E-state index contributed by atoms with van der Waals surface area (Å²) in [4.78, 5) is 26.7. The van der Waals surface area contributed by atoms with Crippen LogP contribution in [0.1, 0.15) is 73.5 Å². The molecule has 0 spiro atoms. The SMILES string of the molecule is CCCC(CCC)S(=O)(=O)C[C@@H](NC(=O)c1cn[nH]c1)C(=O)O[C@H](CNCc1cccc(CC)c1)C(N)Cc1cc(F)cc(F)c1. The van der Waals surface area contributed by atoms with Gasteiger partial charge >= 0.3 is 5.97 Å². The number of amides is 1. The Kier molecular flexibility index (Phi) is 14.3.